The molecule has 0 spiro atoms. The maximum absolute atomic E-state index is 13.8. The number of ether oxygens (including phenoxy) is 1. The van der Waals surface area contributed by atoms with Gasteiger partial charge in [-0.1, -0.05) is 43.3 Å². The number of H-pyrrole nitrogens is 1. The Balaban J connectivity index is 1.58. The molecule has 1 aliphatic heterocycles. The lowest BCUT2D eigenvalue weighted by molar-refractivity contribution is -0.131. The minimum Gasteiger partial charge on any atom is -0.496 e. The number of carbonyl (C=O) groups excluding carboxylic acids is 4. The molecular formula is C30H36N4O6. The number of nitrogens with one attached hydrogen (secondary N) is 3. The van der Waals surface area contributed by atoms with Crippen LogP contribution in [-0.2, 0) is 14.4 Å². The molecule has 3 amide bonds. The Bertz CT molecular complexity index is 1350. The summed E-state index contributed by atoms with van der Waals surface area (Å²) in [7, 11) is 1.56. The highest BCUT2D eigenvalue weighted by Gasteiger charge is 2.32. The second-order valence-electron chi connectivity index (χ2n) is 10.1. The van der Waals surface area contributed by atoms with Crippen molar-refractivity contribution in [1.82, 2.24) is 20.5 Å². The second-order valence-corrected chi connectivity index (χ2v) is 10.1. The molecule has 4 rings (SSSR count). The summed E-state index contributed by atoms with van der Waals surface area (Å²) in [5, 5.41) is 15.6. The van der Waals surface area contributed by atoms with Crippen LogP contribution in [0, 0.1) is 5.92 Å². The van der Waals surface area contributed by atoms with Crippen molar-refractivity contribution in [3.8, 4) is 5.75 Å². The van der Waals surface area contributed by atoms with Gasteiger partial charge >= 0.3 is 0 Å². The largest absolute Gasteiger partial charge is 0.496 e. The number of nitrogens with zero attached hydrogens (tertiary/aromatic N) is 1. The van der Waals surface area contributed by atoms with Crippen molar-refractivity contribution in [2.45, 2.75) is 38.1 Å². The predicted octanol–water partition coefficient (Wildman–Crippen LogP) is 2.38. The van der Waals surface area contributed by atoms with E-state index in [1.165, 1.54) is 4.90 Å². The minimum absolute atomic E-state index is 0.0334. The van der Waals surface area contributed by atoms with Gasteiger partial charge in [-0.3, -0.25) is 19.2 Å². The number of hydrogen-bond donors (Lipinski definition) is 4. The van der Waals surface area contributed by atoms with Gasteiger partial charge < -0.3 is 30.4 Å². The van der Waals surface area contributed by atoms with Gasteiger partial charge in [0, 0.05) is 35.8 Å². The predicted molar refractivity (Wildman–Crippen MR) is 150 cm³/mol. The fourth-order valence-corrected chi connectivity index (χ4v) is 5.22. The fraction of sp³-hybridized carbons (Fsp3) is 0.400. The first-order valence-electron chi connectivity index (χ1n) is 13.5. The Morgan fingerprint density at radius 2 is 1.93 bits per heavy atom. The first-order chi connectivity index (χ1) is 19.3. The summed E-state index contributed by atoms with van der Waals surface area (Å²) < 4.78 is 5.43. The number of hydrogen-bond acceptors (Lipinski definition) is 6. The molecule has 2 heterocycles. The third kappa shape index (κ3) is 6.69. The lowest BCUT2D eigenvalue weighted by Gasteiger charge is -2.28. The molecule has 1 saturated heterocycles. The standard InChI is InChI=1S/C30H36N4O6/c1-3-19(20-8-5-4-6-9-20)16-34(30(39)25-15-22-23(32-25)10-7-11-27(22)40-2)17-28(37)33-24(26(36)18-35)14-21-12-13-31-29(21)38/h4-11,15,19,21,24,32,35H,3,12-14,16-18H2,1-2H3,(H,31,38)(H,33,37)/t19-,21+,24+/m1/s1. The number of carbonyl (C=O) groups is 4. The van der Waals surface area contributed by atoms with E-state index in [2.05, 4.69) is 15.6 Å². The zero-order valence-electron chi connectivity index (χ0n) is 22.8. The molecule has 0 unspecified atom stereocenters. The van der Waals surface area contributed by atoms with E-state index in [-0.39, 0.29) is 37.2 Å². The molecular weight excluding hydrogens is 512 g/mol. The molecule has 1 aliphatic rings. The molecule has 0 aliphatic carbocycles. The first-order valence-corrected chi connectivity index (χ1v) is 13.5. The number of aromatic amines is 1. The van der Waals surface area contributed by atoms with Crippen LogP contribution in [0.5, 0.6) is 5.75 Å². The van der Waals surface area contributed by atoms with Crippen LogP contribution in [0.2, 0.25) is 0 Å². The molecule has 10 nitrogen and oxygen atoms in total. The normalized spacial score (nSPS) is 16.3. The Morgan fingerprint density at radius 3 is 2.58 bits per heavy atom. The van der Waals surface area contributed by atoms with Crippen LogP contribution in [0.4, 0.5) is 0 Å². The highest BCUT2D eigenvalue weighted by Crippen LogP contribution is 2.27. The van der Waals surface area contributed by atoms with E-state index in [0.717, 1.165) is 22.9 Å². The van der Waals surface area contributed by atoms with Gasteiger partial charge in [-0.05, 0) is 43.0 Å². The highest BCUT2D eigenvalue weighted by atomic mass is 16.5. The molecule has 0 saturated carbocycles. The molecule has 3 aromatic rings. The fourth-order valence-electron chi connectivity index (χ4n) is 5.22. The summed E-state index contributed by atoms with van der Waals surface area (Å²) in [5.41, 5.74) is 2.08. The van der Waals surface area contributed by atoms with Gasteiger partial charge in [-0.25, -0.2) is 0 Å². The van der Waals surface area contributed by atoms with Crippen LogP contribution in [0.3, 0.4) is 0 Å². The van der Waals surface area contributed by atoms with Gasteiger partial charge in [0.2, 0.25) is 11.8 Å². The van der Waals surface area contributed by atoms with Crippen LogP contribution >= 0.6 is 0 Å². The topological polar surface area (TPSA) is 141 Å². The van der Waals surface area contributed by atoms with E-state index in [0.29, 0.717) is 24.4 Å². The number of rotatable bonds is 13. The summed E-state index contributed by atoms with van der Waals surface area (Å²) in [5.74, 6) is -1.52. The number of amides is 3. The number of ketones is 1. The third-order valence-electron chi connectivity index (χ3n) is 7.46. The molecule has 0 bridgehead atoms. The van der Waals surface area contributed by atoms with Gasteiger partial charge in [0.1, 0.15) is 18.1 Å². The molecule has 212 valence electrons. The van der Waals surface area contributed by atoms with Crippen molar-refractivity contribution in [1.29, 1.82) is 0 Å². The van der Waals surface area contributed by atoms with Crippen molar-refractivity contribution >= 4 is 34.4 Å². The maximum atomic E-state index is 13.8. The smallest absolute Gasteiger partial charge is 0.270 e. The number of aliphatic hydroxyl groups excluding tert-OH is 1. The highest BCUT2D eigenvalue weighted by molar-refractivity contribution is 6.01. The molecule has 3 atom stereocenters. The van der Waals surface area contributed by atoms with Crippen LogP contribution in [-0.4, -0.2) is 77.9 Å². The average Bonchev–Trinajstić information content (AvgIpc) is 3.60. The molecule has 1 aromatic heterocycles. The van der Waals surface area contributed by atoms with Gasteiger partial charge in [0.25, 0.3) is 5.91 Å². The zero-order valence-corrected chi connectivity index (χ0v) is 22.8. The maximum Gasteiger partial charge on any atom is 0.270 e. The van der Waals surface area contributed by atoms with Crippen molar-refractivity contribution in [2.24, 2.45) is 5.92 Å². The van der Waals surface area contributed by atoms with Gasteiger partial charge in [-0.15, -0.1) is 0 Å². The van der Waals surface area contributed by atoms with Crippen molar-refractivity contribution in [2.75, 3.05) is 33.4 Å². The van der Waals surface area contributed by atoms with Crippen LogP contribution in [0.1, 0.15) is 48.2 Å². The Morgan fingerprint density at radius 1 is 1.15 bits per heavy atom. The lowest BCUT2D eigenvalue weighted by atomic mass is 9.95. The number of methoxy groups -OCH3 is 1. The number of benzene rings is 2. The summed E-state index contributed by atoms with van der Waals surface area (Å²) in [6.07, 6.45) is 1.38. The molecule has 40 heavy (non-hydrogen) atoms. The quantitative estimate of drug-likeness (QED) is 0.259. The van der Waals surface area contributed by atoms with Crippen molar-refractivity contribution in [3.05, 3.63) is 65.9 Å². The average molecular weight is 549 g/mol. The number of aromatic nitrogens is 1. The van der Waals surface area contributed by atoms with Gasteiger partial charge in [0.15, 0.2) is 5.78 Å². The second kappa shape index (κ2) is 13.3. The van der Waals surface area contributed by atoms with Crippen LogP contribution < -0.4 is 15.4 Å². The van der Waals surface area contributed by atoms with Crippen LogP contribution in [0.25, 0.3) is 10.9 Å². The van der Waals surface area contributed by atoms with E-state index in [9.17, 15) is 24.3 Å². The van der Waals surface area contributed by atoms with Gasteiger partial charge in [-0.2, -0.15) is 0 Å². The van der Waals surface area contributed by atoms with E-state index >= 15 is 0 Å². The Kier molecular flexibility index (Phi) is 9.55. The van der Waals surface area contributed by atoms with Gasteiger partial charge in [0.05, 0.1) is 19.7 Å². The minimum atomic E-state index is -1.03. The zero-order chi connectivity index (χ0) is 28.6. The molecule has 0 radical (unpaired) electrons. The van der Waals surface area contributed by atoms with Crippen molar-refractivity contribution < 1.29 is 29.0 Å². The molecule has 4 N–H and O–H groups in total. The number of aliphatic hydroxyl groups is 1. The number of fused-ring (bicyclic) bond motifs is 1. The summed E-state index contributed by atoms with van der Waals surface area (Å²) in [6, 6.07) is 15.9. The third-order valence-corrected chi connectivity index (χ3v) is 7.46. The SMILES string of the molecule is CC[C@H](CN(CC(=O)N[C@@H](C[C@@H]1CCNC1=O)C(=O)CO)C(=O)c1cc2c(OC)cccc2[nH]1)c1ccccc1. The molecule has 2 aromatic carbocycles. The summed E-state index contributed by atoms with van der Waals surface area (Å²) in [6.45, 7) is 1.73. The lowest BCUT2D eigenvalue weighted by Crippen LogP contribution is -2.49. The number of Topliss-reactive ketones (excluding diaryl/α,β-unsaturated/α-hetero) is 1. The first kappa shape index (κ1) is 28.8. The van der Waals surface area contributed by atoms with E-state index < -0.39 is 30.3 Å². The monoisotopic (exact) mass is 548 g/mol. The summed E-state index contributed by atoms with van der Waals surface area (Å²) in [4.78, 5) is 56.3. The van der Waals surface area contributed by atoms with E-state index in [1.54, 1.807) is 19.2 Å². The molecule has 10 heteroatoms. The van der Waals surface area contributed by atoms with Crippen LogP contribution in [0.15, 0.2) is 54.6 Å². The van der Waals surface area contributed by atoms with Crippen molar-refractivity contribution in [3.63, 3.8) is 0 Å². The van der Waals surface area contributed by atoms with E-state index in [1.807, 2.05) is 49.4 Å². The Labute approximate surface area is 233 Å². The Hall–Kier alpha value is -4.18. The summed E-state index contributed by atoms with van der Waals surface area (Å²) >= 11 is 0. The van der Waals surface area contributed by atoms with E-state index in [4.69, 9.17) is 4.74 Å². The molecule has 1 fully saturated rings.